The Morgan fingerprint density at radius 3 is 2.53 bits per heavy atom. The summed E-state index contributed by atoms with van der Waals surface area (Å²) in [5.74, 6) is 0. The standard InChI is InChI=1S/C13H18BrN3/c1-17(2)9-3-8-16-13(10-15)11-4-6-12(14)7-5-11/h4-7,13,16H,3,8-9H2,1-2H3. The van der Waals surface area contributed by atoms with Gasteiger partial charge in [-0.1, -0.05) is 28.1 Å². The molecule has 0 fully saturated rings. The molecule has 0 radical (unpaired) electrons. The molecule has 0 spiro atoms. The molecular weight excluding hydrogens is 278 g/mol. The summed E-state index contributed by atoms with van der Waals surface area (Å²) in [6.07, 6.45) is 1.04. The van der Waals surface area contributed by atoms with Gasteiger partial charge in [0.2, 0.25) is 0 Å². The van der Waals surface area contributed by atoms with Crippen LogP contribution in [-0.4, -0.2) is 32.1 Å². The fraction of sp³-hybridized carbons (Fsp3) is 0.462. The van der Waals surface area contributed by atoms with Gasteiger partial charge in [-0.3, -0.25) is 5.32 Å². The minimum Gasteiger partial charge on any atom is -0.309 e. The summed E-state index contributed by atoms with van der Waals surface area (Å²) < 4.78 is 1.03. The number of hydrogen-bond acceptors (Lipinski definition) is 3. The lowest BCUT2D eigenvalue weighted by Crippen LogP contribution is -2.24. The molecule has 0 aliphatic carbocycles. The summed E-state index contributed by atoms with van der Waals surface area (Å²) in [5.41, 5.74) is 1.01. The second-order valence-electron chi connectivity index (χ2n) is 4.22. The second-order valence-corrected chi connectivity index (χ2v) is 5.14. The molecule has 1 N–H and O–H groups in total. The van der Waals surface area contributed by atoms with Crippen molar-refractivity contribution in [3.05, 3.63) is 34.3 Å². The van der Waals surface area contributed by atoms with Crippen LogP contribution in [0.3, 0.4) is 0 Å². The summed E-state index contributed by atoms with van der Waals surface area (Å²) >= 11 is 3.39. The zero-order valence-electron chi connectivity index (χ0n) is 10.3. The van der Waals surface area contributed by atoms with Gasteiger partial charge in [0.25, 0.3) is 0 Å². The Kier molecular flexibility index (Phi) is 6.20. The third-order valence-corrected chi connectivity index (χ3v) is 2.99. The summed E-state index contributed by atoms with van der Waals surface area (Å²) in [4.78, 5) is 2.14. The van der Waals surface area contributed by atoms with Crippen molar-refractivity contribution in [3.8, 4) is 6.07 Å². The fourth-order valence-corrected chi connectivity index (χ4v) is 1.80. The van der Waals surface area contributed by atoms with Crippen molar-refractivity contribution in [3.63, 3.8) is 0 Å². The largest absolute Gasteiger partial charge is 0.309 e. The third kappa shape index (κ3) is 5.31. The highest BCUT2D eigenvalue weighted by Gasteiger charge is 2.08. The molecule has 0 aliphatic rings. The normalized spacial score (nSPS) is 12.4. The van der Waals surface area contributed by atoms with Gasteiger partial charge in [-0.15, -0.1) is 0 Å². The Hall–Kier alpha value is -0.890. The van der Waals surface area contributed by atoms with E-state index in [1.54, 1.807) is 0 Å². The van der Waals surface area contributed by atoms with Crippen LogP contribution in [0.1, 0.15) is 18.0 Å². The highest BCUT2D eigenvalue weighted by atomic mass is 79.9. The Morgan fingerprint density at radius 1 is 1.35 bits per heavy atom. The van der Waals surface area contributed by atoms with Crippen molar-refractivity contribution in [2.45, 2.75) is 12.5 Å². The highest BCUT2D eigenvalue weighted by molar-refractivity contribution is 9.10. The zero-order valence-corrected chi connectivity index (χ0v) is 11.9. The van der Waals surface area contributed by atoms with E-state index in [4.69, 9.17) is 5.26 Å². The van der Waals surface area contributed by atoms with E-state index in [1.807, 2.05) is 24.3 Å². The predicted molar refractivity (Wildman–Crippen MR) is 73.7 cm³/mol. The minimum absolute atomic E-state index is 0.217. The lowest BCUT2D eigenvalue weighted by molar-refractivity contribution is 0.392. The molecule has 1 aromatic rings. The van der Waals surface area contributed by atoms with Crippen LogP contribution in [0.15, 0.2) is 28.7 Å². The number of hydrogen-bond donors (Lipinski definition) is 1. The molecule has 0 saturated carbocycles. The molecule has 0 aromatic heterocycles. The molecular formula is C13H18BrN3. The minimum atomic E-state index is -0.217. The van der Waals surface area contributed by atoms with Crippen molar-refractivity contribution in [2.75, 3.05) is 27.2 Å². The predicted octanol–water partition coefficient (Wildman–Crippen LogP) is 2.56. The van der Waals surface area contributed by atoms with Gasteiger partial charge >= 0.3 is 0 Å². The Morgan fingerprint density at radius 2 is 2.00 bits per heavy atom. The first-order chi connectivity index (χ1) is 8.13. The molecule has 17 heavy (non-hydrogen) atoms. The van der Waals surface area contributed by atoms with E-state index >= 15 is 0 Å². The number of nitrogens with one attached hydrogen (secondary N) is 1. The molecule has 3 nitrogen and oxygen atoms in total. The van der Waals surface area contributed by atoms with Crippen LogP contribution in [0.25, 0.3) is 0 Å². The monoisotopic (exact) mass is 295 g/mol. The average molecular weight is 296 g/mol. The summed E-state index contributed by atoms with van der Waals surface area (Å²) in [7, 11) is 4.10. The molecule has 92 valence electrons. The Labute approximate surface area is 112 Å². The Balaban J connectivity index is 2.44. The lowest BCUT2D eigenvalue weighted by atomic mass is 10.1. The number of rotatable bonds is 6. The van der Waals surface area contributed by atoms with Gasteiger partial charge in [0.05, 0.1) is 6.07 Å². The maximum absolute atomic E-state index is 9.12. The van der Waals surface area contributed by atoms with Crippen molar-refractivity contribution in [2.24, 2.45) is 0 Å². The van der Waals surface area contributed by atoms with Gasteiger partial charge in [-0.2, -0.15) is 5.26 Å². The van der Waals surface area contributed by atoms with Crippen molar-refractivity contribution < 1.29 is 0 Å². The number of nitriles is 1. The molecule has 4 heteroatoms. The molecule has 1 aromatic carbocycles. The maximum Gasteiger partial charge on any atom is 0.121 e. The first kappa shape index (κ1) is 14.2. The summed E-state index contributed by atoms with van der Waals surface area (Å²) in [6, 6.07) is 9.93. The number of benzene rings is 1. The van der Waals surface area contributed by atoms with Gasteiger partial charge in [-0.25, -0.2) is 0 Å². The smallest absolute Gasteiger partial charge is 0.121 e. The quantitative estimate of drug-likeness (QED) is 0.820. The topological polar surface area (TPSA) is 39.1 Å². The van der Waals surface area contributed by atoms with Crippen LogP contribution in [0.2, 0.25) is 0 Å². The first-order valence-corrected chi connectivity index (χ1v) is 6.46. The van der Waals surface area contributed by atoms with E-state index in [0.29, 0.717) is 0 Å². The maximum atomic E-state index is 9.12. The zero-order chi connectivity index (χ0) is 12.7. The van der Waals surface area contributed by atoms with Gasteiger partial charge < -0.3 is 4.90 Å². The van der Waals surface area contributed by atoms with Crippen LogP contribution in [0, 0.1) is 11.3 Å². The van der Waals surface area contributed by atoms with Crippen molar-refractivity contribution in [1.82, 2.24) is 10.2 Å². The second kappa shape index (κ2) is 7.44. The highest BCUT2D eigenvalue weighted by Crippen LogP contribution is 2.16. The van der Waals surface area contributed by atoms with Crippen LogP contribution in [0.4, 0.5) is 0 Å². The first-order valence-electron chi connectivity index (χ1n) is 5.66. The Bertz CT molecular complexity index is 367. The fourth-order valence-electron chi connectivity index (χ4n) is 1.53. The van der Waals surface area contributed by atoms with E-state index in [-0.39, 0.29) is 6.04 Å². The van der Waals surface area contributed by atoms with E-state index in [2.05, 4.69) is 46.3 Å². The molecule has 1 rings (SSSR count). The van der Waals surface area contributed by atoms with Gasteiger partial charge in [0.1, 0.15) is 6.04 Å². The van der Waals surface area contributed by atoms with Crippen LogP contribution in [0.5, 0.6) is 0 Å². The van der Waals surface area contributed by atoms with E-state index in [9.17, 15) is 0 Å². The van der Waals surface area contributed by atoms with Gasteiger partial charge in [0, 0.05) is 4.47 Å². The third-order valence-electron chi connectivity index (χ3n) is 2.46. The number of halogens is 1. The molecule has 0 bridgehead atoms. The molecule has 0 aliphatic heterocycles. The van der Waals surface area contributed by atoms with Gasteiger partial charge in [-0.05, 0) is 51.3 Å². The molecule has 0 amide bonds. The molecule has 0 saturated heterocycles. The molecule has 0 heterocycles. The van der Waals surface area contributed by atoms with Crippen LogP contribution >= 0.6 is 15.9 Å². The van der Waals surface area contributed by atoms with E-state index in [1.165, 1.54) is 0 Å². The van der Waals surface area contributed by atoms with E-state index < -0.39 is 0 Å². The van der Waals surface area contributed by atoms with Crippen LogP contribution in [-0.2, 0) is 0 Å². The average Bonchev–Trinajstić information content (AvgIpc) is 2.30. The molecule has 1 atom stereocenters. The van der Waals surface area contributed by atoms with Crippen molar-refractivity contribution >= 4 is 15.9 Å². The van der Waals surface area contributed by atoms with Crippen LogP contribution < -0.4 is 5.32 Å². The molecule has 1 unspecified atom stereocenters. The number of nitrogens with zero attached hydrogens (tertiary/aromatic N) is 2. The lowest BCUT2D eigenvalue weighted by Gasteiger charge is -2.13. The van der Waals surface area contributed by atoms with Crippen molar-refractivity contribution in [1.29, 1.82) is 5.26 Å². The van der Waals surface area contributed by atoms with Gasteiger partial charge in [0.15, 0.2) is 0 Å². The summed E-state index contributed by atoms with van der Waals surface area (Å²) in [6.45, 7) is 1.89. The summed E-state index contributed by atoms with van der Waals surface area (Å²) in [5, 5.41) is 12.4. The van der Waals surface area contributed by atoms with E-state index in [0.717, 1.165) is 29.5 Å². The SMILES string of the molecule is CN(C)CCCNC(C#N)c1ccc(Br)cc1.